The van der Waals surface area contributed by atoms with Crippen LogP contribution >= 0.6 is 0 Å². The molecule has 0 aromatic heterocycles. The second kappa shape index (κ2) is 9.42. The largest absolute Gasteiger partial charge is 0.391 e. The van der Waals surface area contributed by atoms with Crippen LogP contribution in [0.3, 0.4) is 0 Å². The first-order valence-corrected chi connectivity index (χ1v) is 6.73. The van der Waals surface area contributed by atoms with E-state index in [1.54, 1.807) is 0 Å². The zero-order valence-corrected chi connectivity index (χ0v) is 11.6. The molecule has 2 unspecified atom stereocenters. The van der Waals surface area contributed by atoms with Crippen LogP contribution in [0, 0.1) is 5.92 Å². The Balaban J connectivity index is 3.75. The predicted molar refractivity (Wildman–Crippen MR) is 70.8 cm³/mol. The normalized spacial score (nSPS) is 14.7. The average molecular weight is 244 g/mol. The van der Waals surface area contributed by atoms with Crippen molar-refractivity contribution < 1.29 is 9.90 Å². The van der Waals surface area contributed by atoms with Gasteiger partial charge in [-0.2, -0.15) is 0 Å². The van der Waals surface area contributed by atoms with Crippen LogP contribution in [-0.4, -0.2) is 36.2 Å². The van der Waals surface area contributed by atoms with Crippen LogP contribution in [0.2, 0.25) is 0 Å². The summed E-state index contributed by atoms with van der Waals surface area (Å²) >= 11 is 0. The maximum absolute atomic E-state index is 11.5. The Hall–Kier alpha value is -0.610. The molecule has 0 saturated carbocycles. The lowest BCUT2D eigenvalue weighted by atomic mass is 9.96. The Morgan fingerprint density at radius 1 is 1.18 bits per heavy atom. The molecule has 3 N–H and O–H groups in total. The molecule has 0 aliphatic carbocycles. The van der Waals surface area contributed by atoms with Crippen LogP contribution < -0.4 is 10.6 Å². The standard InChI is InChI=1S/C13H28N2O2/c1-5-10(4)14-9-13(17)15-8-12(16)11(6-2)7-3/h10-12,14,16H,5-9H2,1-4H3,(H,15,17). The van der Waals surface area contributed by atoms with Gasteiger partial charge >= 0.3 is 0 Å². The first-order valence-electron chi connectivity index (χ1n) is 6.73. The molecule has 0 aliphatic heterocycles. The van der Waals surface area contributed by atoms with Gasteiger partial charge < -0.3 is 15.7 Å². The van der Waals surface area contributed by atoms with Crippen molar-refractivity contribution in [2.24, 2.45) is 5.92 Å². The molecule has 0 aliphatic rings. The highest BCUT2D eigenvalue weighted by Gasteiger charge is 2.16. The molecule has 17 heavy (non-hydrogen) atoms. The molecule has 0 rings (SSSR count). The Bertz CT molecular complexity index is 206. The van der Waals surface area contributed by atoms with E-state index in [0.717, 1.165) is 19.3 Å². The summed E-state index contributed by atoms with van der Waals surface area (Å²) in [6.07, 6.45) is 2.46. The molecule has 1 amide bonds. The number of aliphatic hydroxyl groups excluding tert-OH is 1. The molecule has 0 heterocycles. The predicted octanol–water partition coefficient (Wildman–Crippen LogP) is 1.29. The Kier molecular flexibility index (Phi) is 9.09. The highest BCUT2D eigenvalue weighted by atomic mass is 16.3. The highest BCUT2D eigenvalue weighted by Crippen LogP contribution is 2.11. The molecule has 0 saturated heterocycles. The molecule has 4 nitrogen and oxygen atoms in total. The van der Waals surface area contributed by atoms with Crippen molar-refractivity contribution in [1.29, 1.82) is 0 Å². The zero-order chi connectivity index (χ0) is 13.3. The van der Waals surface area contributed by atoms with Crippen molar-refractivity contribution in [2.75, 3.05) is 13.1 Å². The van der Waals surface area contributed by atoms with E-state index in [1.165, 1.54) is 0 Å². The number of nitrogens with one attached hydrogen (secondary N) is 2. The Labute approximate surface area is 105 Å². The van der Waals surface area contributed by atoms with E-state index in [0.29, 0.717) is 19.1 Å². The van der Waals surface area contributed by atoms with E-state index in [4.69, 9.17) is 0 Å². The van der Waals surface area contributed by atoms with E-state index < -0.39 is 6.10 Å². The van der Waals surface area contributed by atoms with Crippen molar-refractivity contribution in [3.63, 3.8) is 0 Å². The van der Waals surface area contributed by atoms with Crippen molar-refractivity contribution >= 4 is 5.91 Å². The van der Waals surface area contributed by atoms with Gasteiger partial charge in [-0.15, -0.1) is 0 Å². The molecular weight excluding hydrogens is 216 g/mol. The molecule has 2 atom stereocenters. The second-order valence-corrected chi connectivity index (χ2v) is 4.64. The van der Waals surface area contributed by atoms with Gasteiger partial charge in [-0.25, -0.2) is 0 Å². The molecule has 102 valence electrons. The maximum atomic E-state index is 11.5. The lowest BCUT2D eigenvalue weighted by molar-refractivity contribution is -0.121. The minimum absolute atomic E-state index is 0.0460. The van der Waals surface area contributed by atoms with E-state index >= 15 is 0 Å². The summed E-state index contributed by atoms with van der Waals surface area (Å²) in [5.74, 6) is 0.230. The number of carbonyl (C=O) groups excluding carboxylic acids is 1. The van der Waals surface area contributed by atoms with E-state index in [1.807, 2.05) is 6.92 Å². The minimum atomic E-state index is -0.433. The summed E-state index contributed by atoms with van der Waals surface area (Å²) in [7, 11) is 0. The van der Waals surface area contributed by atoms with Crippen molar-refractivity contribution in [3.05, 3.63) is 0 Å². The average Bonchev–Trinajstić information content (AvgIpc) is 2.34. The van der Waals surface area contributed by atoms with Gasteiger partial charge in [0.1, 0.15) is 0 Å². The number of hydrogen-bond donors (Lipinski definition) is 3. The number of amides is 1. The van der Waals surface area contributed by atoms with Gasteiger partial charge in [-0.05, 0) is 19.3 Å². The van der Waals surface area contributed by atoms with Crippen LogP contribution in [-0.2, 0) is 4.79 Å². The number of aliphatic hydroxyl groups is 1. The Morgan fingerprint density at radius 3 is 2.24 bits per heavy atom. The van der Waals surface area contributed by atoms with Crippen LogP contribution in [0.5, 0.6) is 0 Å². The van der Waals surface area contributed by atoms with Gasteiger partial charge in [0.15, 0.2) is 0 Å². The van der Waals surface area contributed by atoms with Gasteiger partial charge in [-0.1, -0.05) is 33.6 Å². The van der Waals surface area contributed by atoms with Crippen LogP contribution in [0.1, 0.15) is 47.0 Å². The van der Waals surface area contributed by atoms with E-state index in [-0.39, 0.29) is 11.8 Å². The minimum Gasteiger partial charge on any atom is -0.391 e. The summed E-state index contributed by atoms with van der Waals surface area (Å²) in [4.78, 5) is 11.5. The van der Waals surface area contributed by atoms with Crippen LogP contribution in [0.4, 0.5) is 0 Å². The molecule has 0 aromatic rings. The topological polar surface area (TPSA) is 61.4 Å². The van der Waals surface area contributed by atoms with Gasteiger partial charge in [0, 0.05) is 12.6 Å². The molecule has 0 spiro atoms. The van der Waals surface area contributed by atoms with Gasteiger partial charge in [0.2, 0.25) is 5.91 Å². The highest BCUT2D eigenvalue weighted by molar-refractivity contribution is 5.78. The molecule has 0 bridgehead atoms. The fraction of sp³-hybridized carbons (Fsp3) is 0.923. The SMILES string of the molecule is CCC(C)NCC(=O)NCC(O)C(CC)CC. The summed E-state index contributed by atoms with van der Waals surface area (Å²) < 4.78 is 0. The molecule has 4 heteroatoms. The molecule has 0 aromatic carbocycles. The number of rotatable bonds is 9. The third-order valence-electron chi connectivity index (χ3n) is 3.32. The smallest absolute Gasteiger partial charge is 0.234 e. The maximum Gasteiger partial charge on any atom is 0.234 e. The molecular formula is C13H28N2O2. The Morgan fingerprint density at radius 2 is 1.76 bits per heavy atom. The van der Waals surface area contributed by atoms with Crippen LogP contribution in [0.15, 0.2) is 0 Å². The van der Waals surface area contributed by atoms with E-state index in [2.05, 4.69) is 31.4 Å². The third-order valence-corrected chi connectivity index (χ3v) is 3.32. The number of hydrogen-bond acceptors (Lipinski definition) is 3. The second-order valence-electron chi connectivity index (χ2n) is 4.64. The quantitative estimate of drug-likeness (QED) is 0.573. The first-order chi connectivity index (χ1) is 8.04. The van der Waals surface area contributed by atoms with E-state index in [9.17, 15) is 9.90 Å². The summed E-state index contributed by atoms with van der Waals surface area (Å²) in [6, 6.07) is 0.352. The lowest BCUT2D eigenvalue weighted by Crippen LogP contribution is -2.42. The van der Waals surface area contributed by atoms with Crippen molar-refractivity contribution in [1.82, 2.24) is 10.6 Å². The van der Waals surface area contributed by atoms with Gasteiger partial charge in [-0.3, -0.25) is 4.79 Å². The lowest BCUT2D eigenvalue weighted by Gasteiger charge is -2.20. The van der Waals surface area contributed by atoms with Crippen molar-refractivity contribution in [2.45, 2.75) is 59.1 Å². The van der Waals surface area contributed by atoms with Crippen LogP contribution in [0.25, 0.3) is 0 Å². The van der Waals surface area contributed by atoms with Gasteiger partial charge in [0.05, 0.1) is 12.6 Å². The number of carbonyl (C=O) groups is 1. The zero-order valence-electron chi connectivity index (χ0n) is 11.6. The monoisotopic (exact) mass is 244 g/mol. The third kappa shape index (κ3) is 7.34. The fourth-order valence-corrected chi connectivity index (χ4v) is 1.69. The first kappa shape index (κ1) is 16.4. The summed E-state index contributed by atoms with van der Waals surface area (Å²) in [6.45, 7) is 8.92. The summed E-state index contributed by atoms with van der Waals surface area (Å²) in [5, 5.41) is 15.7. The van der Waals surface area contributed by atoms with Gasteiger partial charge in [0.25, 0.3) is 0 Å². The summed E-state index contributed by atoms with van der Waals surface area (Å²) in [5.41, 5.74) is 0. The molecule has 0 radical (unpaired) electrons. The molecule has 0 fully saturated rings. The fourth-order valence-electron chi connectivity index (χ4n) is 1.69. The van der Waals surface area contributed by atoms with Crippen molar-refractivity contribution in [3.8, 4) is 0 Å².